The molecular weight excluding hydrogens is 404 g/mol. The van der Waals surface area contributed by atoms with Gasteiger partial charge in [-0.15, -0.1) is 6.58 Å². The summed E-state index contributed by atoms with van der Waals surface area (Å²) in [5, 5.41) is 0.600. The molecule has 1 aromatic heterocycles. The summed E-state index contributed by atoms with van der Waals surface area (Å²) in [5.41, 5.74) is 1.16. The number of aromatic nitrogens is 2. The van der Waals surface area contributed by atoms with Crippen molar-refractivity contribution >= 4 is 28.1 Å². The minimum Gasteiger partial charge on any atom is -0.305 e. The molecule has 0 saturated heterocycles. The van der Waals surface area contributed by atoms with E-state index in [0.29, 0.717) is 10.7 Å². The molecule has 0 spiro atoms. The molecule has 3 aromatic rings. The van der Waals surface area contributed by atoms with Crippen molar-refractivity contribution in [1.82, 2.24) is 9.13 Å². The van der Waals surface area contributed by atoms with E-state index in [-0.39, 0.29) is 11.1 Å². The van der Waals surface area contributed by atoms with Crippen LogP contribution >= 0.6 is 15.9 Å². The van der Waals surface area contributed by atoms with Gasteiger partial charge in [-0.25, -0.2) is 0 Å². The molecule has 27 heavy (non-hydrogen) atoms. The van der Waals surface area contributed by atoms with Crippen LogP contribution in [0, 0.1) is 0 Å². The monoisotopic (exact) mass is 422 g/mol. The fourth-order valence-electron chi connectivity index (χ4n) is 2.81. The van der Waals surface area contributed by atoms with Gasteiger partial charge in [0.25, 0.3) is 11.1 Å². The number of alkyl halides is 1. The number of rotatable bonds is 4. The lowest BCUT2D eigenvalue weighted by atomic mass is 10.2. The van der Waals surface area contributed by atoms with Crippen LogP contribution in [-0.2, 0) is 7.05 Å². The first-order chi connectivity index (χ1) is 13.0. The standard InChI is InChI=1S/C22H19BrN2O2/c1-3-20(23)25-19(15-17-12-8-5-9-13-17)21(26)24(2)18(22(25)27)14-16-10-6-4-7-11-16/h3-15,20H,1H2,2H3/b18-14-,19-15-. The predicted octanol–water partition coefficient (Wildman–Crippen LogP) is 2.28. The molecule has 1 heterocycles. The summed E-state index contributed by atoms with van der Waals surface area (Å²) in [6, 6.07) is 18.9. The van der Waals surface area contributed by atoms with Crippen molar-refractivity contribution in [3.05, 3.63) is 116 Å². The average Bonchev–Trinajstić information content (AvgIpc) is 2.70. The normalized spacial score (nSPS) is 13.6. The average molecular weight is 423 g/mol. The molecule has 0 saturated carbocycles. The van der Waals surface area contributed by atoms with Crippen molar-refractivity contribution in [2.75, 3.05) is 0 Å². The predicted molar refractivity (Wildman–Crippen MR) is 113 cm³/mol. The largest absolute Gasteiger partial charge is 0.305 e. The van der Waals surface area contributed by atoms with Gasteiger partial charge in [-0.2, -0.15) is 0 Å². The van der Waals surface area contributed by atoms with Gasteiger partial charge in [-0.1, -0.05) is 82.7 Å². The fraction of sp³-hybridized carbons (Fsp3) is 0.0909. The molecular formula is C22H19BrN2O2. The van der Waals surface area contributed by atoms with Crippen LogP contribution in [0.1, 0.15) is 16.1 Å². The number of benzene rings is 2. The van der Waals surface area contributed by atoms with E-state index >= 15 is 0 Å². The molecule has 0 aliphatic carbocycles. The number of halogens is 1. The summed E-state index contributed by atoms with van der Waals surface area (Å²) in [7, 11) is 1.61. The van der Waals surface area contributed by atoms with Crippen LogP contribution < -0.4 is 21.8 Å². The second-order valence-electron chi connectivity index (χ2n) is 6.03. The zero-order valence-electron chi connectivity index (χ0n) is 14.9. The zero-order valence-corrected chi connectivity index (χ0v) is 16.5. The number of hydrogen-bond donors (Lipinski definition) is 0. The smallest absolute Gasteiger partial charge is 0.276 e. The maximum Gasteiger partial charge on any atom is 0.276 e. The SMILES string of the molecule is C=CC(Br)n1c(=O)/c(=C/c2ccccc2)n(C)c(=O)/c1=C/c1ccccc1. The lowest BCUT2D eigenvalue weighted by Gasteiger charge is -2.12. The quantitative estimate of drug-likeness (QED) is 0.478. The highest BCUT2D eigenvalue weighted by molar-refractivity contribution is 9.09. The Morgan fingerprint density at radius 2 is 1.33 bits per heavy atom. The van der Waals surface area contributed by atoms with Gasteiger partial charge in [0.1, 0.15) is 15.6 Å². The van der Waals surface area contributed by atoms with E-state index < -0.39 is 4.95 Å². The van der Waals surface area contributed by atoms with Crippen molar-refractivity contribution in [1.29, 1.82) is 0 Å². The summed E-state index contributed by atoms with van der Waals surface area (Å²) < 4.78 is 2.82. The Balaban J connectivity index is 2.43. The zero-order chi connectivity index (χ0) is 19.4. The molecule has 0 radical (unpaired) electrons. The lowest BCUT2D eigenvalue weighted by Crippen LogP contribution is -2.57. The third-order valence-corrected chi connectivity index (χ3v) is 5.01. The summed E-state index contributed by atoms with van der Waals surface area (Å²) in [5.74, 6) is 0. The van der Waals surface area contributed by atoms with E-state index in [1.807, 2.05) is 60.7 Å². The van der Waals surface area contributed by atoms with Crippen LogP contribution in [0.25, 0.3) is 12.2 Å². The van der Waals surface area contributed by atoms with Gasteiger partial charge in [-0.3, -0.25) is 14.2 Å². The number of nitrogens with zero attached hydrogens (tertiary/aromatic N) is 2. The molecule has 0 fully saturated rings. The Morgan fingerprint density at radius 3 is 1.81 bits per heavy atom. The molecule has 0 N–H and O–H groups in total. The fourth-order valence-corrected chi connectivity index (χ4v) is 3.22. The first-order valence-electron chi connectivity index (χ1n) is 8.44. The second-order valence-corrected chi connectivity index (χ2v) is 6.97. The van der Waals surface area contributed by atoms with Gasteiger partial charge in [0.05, 0.1) is 0 Å². The molecule has 2 aromatic carbocycles. The minimum absolute atomic E-state index is 0.257. The molecule has 0 bridgehead atoms. The molecule has 4 nitrogen and oxygen atoms in total. The Labute approximate surface area is 165 Å². The summed E-state index contributed by atoms with van der Waals surface area (Å²) in [6.45, 7) is 3.75. The molecule has 136 valence electrons. The third kappa shape index (κ3) is 3.93. The van der Waals surface area contributed by atoms with Crippen LogP contribution in [-0.4, -0.2) is 9.13 Å². The van der Waals surface area contributed by atoms with Crippen molar-refractivity contribution in [3.8, 4) is 0 Å². The first-order valence-corrected chi connectivity index (χ1v) is 9.36. The third-order valence-electron chi connectivity index (χ3n) is 4.23. The molecule has 0 aliphatic heterocycles. The van der Waals surface area contributed by atoms with Gasteiger partial charge in [0.2, 0.25) is 0 Å². The van der Waals surface area contributed by atoms with Crippen LogP contribution in [0.2, 0.25) is 0 Å². The van der Waals surface area contributed by atoms with Gasteiger partial charge in [-0.05, 0) is 23.3 Å². The summed E-state index contributed by atoms with van der Waals surface area (Å²) >= 11 is 3.44. The summed E-state index contributed by atoms with van der Waals surface area (Å²) in [6.07, 6.45) is 5.01. The van der Waals surface area contributed by atoms with E-state index in [1.165, 1.54) is 9.13 Å². The lowest BCUT2D eigenvalue weighted by molar-refractivity contribution is 0.660. The van der Waals surface area contributed by atoms with Crippen molar-refractivity contribution in [2.24, 2.45) is 7.05 Å². The van der Waals surface area contributed by atoms with Crippen LogP contribution in [0.5, 0.6) is 0 Å². The second kappa shape index (κ2) is 8.18. The van der Waals surface area contributed by atoms with E-state index in [4.69, 9.17) is 0 Å². The van der Waals surface area contributed by atoms with Gasteiger partial charge in [0, 0.05) is 7.05 Å². The van der Waals surface area contributed by atoms with Gasteiger partial charge in [0.15, 0.2) is 0 Å². The Kier molecular flexibility index (Phi) is 5.72. The van der Waals surface area contributed by atoms with E-state index in [2.05, 4.69) is 22.5 Å². The van der Waals surface area contributed by atoms with Crippen molar-refractivity contribution < 1.29 is 0 Å². The van der Waals surface area contributed by atoms with Gasteiger partial charge < -0.3 is 4.57 Å². The molecule has 5 heteroatoms. The Bertz CT molecular complexity index is 1190. The van der Waals surface area contributed by atoms with Crippen molar-refractivity contribution in [2.45, 2.75) is 4.95 Å². The molecule has 1 unspecified atom stereocenters. The van der Waals surface area contributed by atoms with E-state index in [1.54, 1.807) is 25.3 Å². The topological polar surface area (TPSA) is 44.0 Å². The number of hydrogen-bond acceptors (Lipinski definition) is 2. The van der Waals surface area contributed by atoms with E-state index in [9.17, 15) is 9.59 Å². The highest BCUT2D eigenvalue weighted by atomic mass is 79.9. The van der Waals surface area contributed by atoms with Crippen molar-refractivity contribution in [3.63, 3.8) is 0 Å². The first kappa shape index (κ1) is 18.9. The maximum atomic E-state index is 13.2. The maximum absolute atomic E-state index is 13.2. The van der Waals surface area contributed by atoms with Gasteiger partial charge >= 0.3 is 0 Å². The number of allylic oxidation sites excluding steroid dienone is 1. The van der Waals surface area contributed by atoms with E-state index in [0.717, 1.165) is 11.1 Å². The molecule has 3 rings (SSSR count). The summed E-state index contributed by atoms with van der Waals surface area (Å²) in [4.78, 5) is 25.8. The Hall–Kier alpha value is -2.92. The highest BCUT2D eigenvalue weighted by Gasteiger charge is 2.13. The van der Waals surface area contributed by atoms with Crippen LogP contribution in [0.15, 0.2) is 82.9 Å². The molecule has 0 amide bonds. The highest BCUT2D eigenvalue weighted by Crippen LogP contribution is 2.10. The minimum atomic E-state index is -0.503. The molecule has 1 atom stereocenters. The van der Waals surface area contributed by atoms with Crippen LogP contribution in [0.3, 0.4) is 0 Å². The Morgan fingerprint density at radius 1 is 0.852 bits per heavy atom. The van der Waals surface area contributed by atoms with Crippen LogP contribution in [0.4, 0.5) is 0 Å². The molecule has 0 aliphatic rings.